The van der Waals surface area contributed by atoms with Crippen molar-refractivity contribution in [2.45, 2.75) is 37.3 Å². The molecule has 1 N–H and O–H groups in total. The summed E-state index contributed by atoms with van der Waals surface area (Å²) in [4.78, 5) is 37.7. The van der Waals surface area contributed by atoms with Crippen molar-refractivity contribution >= 4 is 35.0 Å². The summed E-state index contributed by atoms with van der Waals surface area (Å²) in [6.45, 7) is 0.612. The fraction of sp³-hybridized carbons (Fsp3) is 0.321. The minimum absolute atomic E-state index is 0.0833. The Hall–Kier alpha value is -3.04. The number of alkyl halides is 1. The number of hydrogen-bond acceptors (Lipinski definition) is 5. The molecule has 3 atom stereocenters. The first-order chi connectivity index (χ1) is 18.3. The van der Waals surface area contributed by atoms with Gasteiger partial charge in [0.2, 0.25) is 12.8 Å². The van der Waals surface area contributed by atoms with E-state index in [4.69, 9.17) is 28.0 Å². The lowest BCUT2D eigenvalue weighted by atomic mass is 9.73. The summed E-state index contributed by atoms with van der Waals surface area (Å²) in [7, 11) is 0. The van der Waals surface area contributed by atoms with Gasteiger partial charge in [-0.25, -0.2) is 9.23 Å². The molecular formula is C28H26Cl2FN3O4. The molecule has 1 aromatic heterocycles. The number of aromatic nitrogens is 1. The van der Waals surface area contributed by atoms with Gasteiger partial charge in [0.15, 0.2) is 0 Å². The van der Waals surface area contributed by atoms with E-state index in [0.717, 1.165) is 5.06 Å². The highest BCUT2D eigenvalue weighted by atomic mass is 35.5. The average molecular weight is 558 g/mol. The number of aliphatic hydroxyl groups excluding tert-OH is 1. The molecule has 2 amide bonds. The summed E-state index contributed by atoms with van der Waals surface area (Å²) in [5.74, 6) is -1.08. The molecule has 2 aliphatic rings. The number of amides is 2. The van der Waals surface area contributed by atoms with Crippen LogP contribution in [0.15, 0.2) is 60.8 Å². The number of fused-ring (bicyclic) bond motifs is 1. The molecule has 3 heterocycles. The van der Waals surface area contributed by atoms with Crippen LogP contribution in [0.25, 0.3) is 0 Å². The molecule has 198 valence electrons. The van der Waals surface area contributed by atoms with Gasteiger partial charge in [-0.3, -0.25) is 14.6 Å². The maximum absolute atomic E-state index is 13.9. The molecule has 0 spiro atoms. The van der Waals surface area contributed by atoms with Crippen molar-refractivity contribution in [3.63, 3.8) is 0 Å². The molecule has 10 heteroatoms. The third-order valence-corrected chi connectivity index (χ3v) is 8.00. The van der Waals surface area contributed by atoms with Gasteiger partial charge in [0, 0.05) is 59.9 Å². The summed E-state index contributed by atoms with van der Waals surface area (Å²) in [5, 5.41) is 12.6. The number of aliphatic hydroxyl groups is 1. The second kappa shape index (κ2) is 10.6. The predicted molar refractivity (Wildman–Crippen MR) is 140 cm³/mol. The lowest BCUT2D eigenvalue weighted by Gasteiger charge is -2.46. The zero-order valence-electron chi connectivity index (χ0n) is 20.6. The van der Waals surface area contributed by atoms with Gasteiger partial charge < -0.3 is 10.0 Å². The molecule has 5 rings (SSSR count). The second-order valence-electron chi connectivity index (χ2n) is 9.48. The second-order valence-corrected chi connectivity index (χ2v) is 10.3. The number of carbonyl (C=O) groups excluding carboxylic acids is 2. The van der Waals surface area contributed by atoms with E-state index < -0.39 is 24.2 Å². The molecule has 0 bridgehead atoms. The molecule has 0 aliphatic carbocycles. The molecule has 7 nitrogen and oxygen atoms in total. The van der Waals surface area contributed by atoms with Crippen LogP contribution >= 0.6 is 23.2 Å². The largest absolute Gasteiger partial charge is 0.396 e. The Labute approximate surface area is 229 Å². The van der Waals surface area contributed by atoms with Crippen molar-refractivity contribution in [2.24, 2.45) is 0 Å². The average Bonchev–Trinajstić information content (AvgIpc) is 3.12. The van der Waals surface area contributed by atoms with Gasteiger partial charge in [0.1, 0.15) is 5.54 Å². The fourth-order valence-electron chi connectivity index (χ4n) is 5.79. The maximum Gasteiger partial charge on any atom is 0.279 e. The highest BCUT2D eigenvalue weighted by molar-refractivity contribution is 6.30. The number of halogens is 3. The normalized spacial score (nSPS) is 21.3. The topological polar surface area (TPSA) is 83.0 Å². The number of likely N-dealkylation sites (tertiary alicyclic amines) is 1. The van der Waals surface area contributed by atoms with Crippen LogP contribution in [-0.2, 0) is 21.6 Å². The van der Waals surface area contributed by atoms with Crippen LogP contribution in [0, 0.1) is 0 Å². The SMILES string of the molecule is CC(=O)N1CCC1C(CO)c1cccc2c1[C@@](Cc1ccc(Cl)cn1)(c1ccc(Cl)cc1)N(OCF)C2=O. The van der Waals surface area contributed by atoms with Crippen molar-refractivity contribution in [1.29, 1.82) is 0 Å². The van der Waals surface area contributed by atoms with E-state index in [-0.39, 0.29) is 25.0 Å². The Morgan fingerprint density at radius 1 is 1.18 bits per heavy atom. The van der Waals surface area contributed by atoms with Gasteiger partial charge in [-0.1, -0.05) is 47.5 Å². The summed E-state index contributed by atoms with van der Waals surface area (Å²) in [6.07, 6.45) is 2.34. The van der Waals surface area contributed by atoms with Gasteiger partial charge in [-0.05, 0) is 47.9 Å². The first kappa shape index (κ1) is 26.6. The first-order valence-corrected chi connectivity index (χ1v) is 13.0. The van der Waals surface area contributed by atoms with Crippen LogP contribution < -0.4 is 0 Å². The number of carbonyl (C=O) groups is 2. The van der Waals surface area contributed by atoms with E-state index in [1.807, 2.05) is 6.07 Å². The Balaban J connectivity index is 1.78. The Morgan fingerprint density at radius 2 is 1.92 bits per heavy atom. The summed E-state index contributed by atoms with van der Waals surface area (Å²) >= 11 is 12.3. The monoisotopic (exact) mass is 557 g/mol. The van der Waals surface area contributed by atoms with E-state index >= 15 is 0 Å². The third-order valence-electron chi connectivity index (χ3n) is 7.53. The summed E-state index contributed by atoms with van der Waals surface area (Å²) in [6, 6.07) is 15.4. The van der Waals surface area contributed by atoms with E-state index in [0.29, 0.717) is 51.0 Å². The van der Waals surface area contributed by atoms with E-state index in [1.54, 1.807) is 53.4 Å². The molecule has 2 aromatic carbocycles. The Kier molecular flexibility index (Phi) is 7.42. The Morgan fingerprint density at radius 3 is 2.50 bits per heavy atom. The standard InChI is InChI=1S/C28H26Cl2FN3O4/c1-17(36)33-12-11-25(33)24(15-35)22-3-2-4-23-26(22)28(34(27(23)37)38-16-31,18-5-7-19(29)8-6-18)13-21-10-9-20(30)14-32-21/h2-10,14,24-25,35H,11-13,15-16H2,1H3/t24?,25?,28-/m1/s1. The number of nitrogens with zero attached hydrogens (tertiary/aromatic N) is 3. The van der Waals surface area contributed by atoms with E-state index in [1.165, 1.54) is 13.1 Å². The molecule has 0 saturated carbocycles. The van der Waals surface area contributed by atoms with Crippen LogP contribution in [0.2, 0.25) is 10.0 Å². The van der Waals surface area contributed by atoms with Gasteiger partial charge in [0.25, 0.3) is 5.91 Å². The predicted octanol–water partition coefficient (Wildman–Crippen LogP) is 4.89. The zero-order chi connectivity index (χ0) is 27.0. The van der Waals surface area contributed by atoms with Gasteiger partial charge in [-0.15, -0.1) is 0 Å². The van der Waals surface area contributed by atoms with Crippen molar-refractivity contribution in [2.75, 3.05) is 20.0 Å². The molecule has 2 unspecified atom stereocenters. The highest BCUT2D eigenvalue weighted by Crippen LogP contribution is 2.51. The van der Waals surface area contributed by atoms with E-state index in [9.17, 15) is 19.1 Å². The number of rotatable bonds is 8. The lowest BCUT2D eigenvalue weighted by Crippen LogP contribution is -2.54. The quantitative estimate of drug-likeness (QED) is 0.426. The summed E-state index contributed by atoms with van der Waals surface area (Å²) in [5.41, 5.74) is 1.45. The Bertz CT molecular complexity index is 1360. The lowest BCUT2D eigenvalue weighted by molar-refractivity contribution is -0.196. The first-order valence-electron chi connectivity index (χ1n) is 12.2. The number of hydrogen-bond donors (Lipinski definition) is 1. The molecule has 1 fully saturated rings. The van der Waals surface area contributed by atoms with Crippen molar-refractivity contribution in [3.05, 3.63) is 98.8 Å². The molecule has 1 saturated heterocycles. The van der Waals surface area contributed by atoms with Crippen LogP contribution in [0.3, 0.4) is 0 Å². The van der Waals surface area contributed by atoms with Crippen LogP contribution in [-0.4, -0.2) is 57.9 Å². The number of pyridine rings is 1. The van der Waals surface area contributed by atoms with Crippen LogP contribution in [0.5, 0.6) is 0 Å². The van der Waals surface area contributed by atoms with Gasteiger partial charge >= 0.3 is 0 Å². The van der Waals surface area contributed by atoms with Gasteiger partial charge in [0.05, 0.1) is 11.6 Å². The van der Waals surface area contributed by atoms with Crippen LogP contribution in [0.4, 0.5) is 4.39 Å². The summed E-state index contributed by atoms with van der Waals surface area (Å²) < 4.78 is 13.9. The molecule has 0 radical (unpaired) electrons. The maximum atomic E-state index is 13.9. The van der Waals surface area contributed by atoms with Crippen molar-refractivity contribution in [3.8, 4) is 0 Å². The van der Waals surface area contributed by atoms with E-state index in [2.05, 4.69) is 4.98 Å². The molecule has 2 aliphatic heterocycles. The van der Waals surface area contributed by atoms with Crippen molar-refractivity contribution in [1.82, 2.24) is 14.9 Å². The minimum Gasteiger partial charge on any atom is -0.396 e. The molecular weight excluding hydrogens is 532 g/mol. The highest BCUT2D eigenvalue weighted by Gasteiger charge is 2.55. The fourth-order valence-corrected chi connectivity index (χ4v) is 6.03. The zero-order valence-corrected chi connectivity index (χ0v) is 22.1. The smallest absolute Gasteiger partial charge is 0.279 e. The molecule has 38 heavy (non-hydrogen) atoms. The number of benzene rings is 2. The molecule has 3 aromatic rings. The minimum atomic E-state index is -1.35. The van der Waals surface area contributed by atoms with Crippen LogP contribution in [0.1, 0.15) is 52.0 Å². The van der Waals surface area contributed by atoms with Gasteiger partial charge in [-0.2, -0.15) is 5.06 Å². The third kappa shape index (κ3) is 4.35. The van der Waals surface area contributed by atoms with Crippen molar-refractivity contribution < 1.29 is 23.9 Å². The number of hydroxylamine groups is 2.